The molecule has 150 valence electrons. The zero-order valence-electron chi connectivity index (χ0n) is 15.6. The van der Waals surface area contributed by atoms with Gasteiger partial charge in [0.2, 0.25) is 11.8 Å². The van der Waals surface area contributed by atoms with E-state index in [1.807, 2.05) is 12.1 Å². The van der Waals surface area contributed by atoms with Crippen LogP contribution in [0.1, 0.15) is 18.5 Å². The Morgan fingerprint density at radius 3 is 2.76 bits per heavy atom. The molecule has 1 saturated carbocycles. The minimum absolute atomic E-state index is 0.150. The maximum absolute atomic E-state index is 12.3. The largest absolute Gasteiger partial charge is 0.480 e. The lowest BCUT2D eigenvalue weighted by Gasteiger charge is -2.06. The lowest BCUT2D eigenvalue weighted by Crippen LogP contribution is -2.14. The second kappa shape index (κ2) is 8.66. The smallest absolute Gasteiger partial charge is 0.232 e. The number of anilines is 2. The molecule has 1 aromatic carbocycles. The zero-order valence-corrected chi connectivity index (χ0v) is 17.3. The number of aromatic nitrogens is 3. The molecular formula is C19H19N5O3S2. The highest BCUT2D eigenvalue weighted by atomic mass is 32.2. The van der Waals surface area contributed by atoms with Gasteiger partial charge in [0.05, 0.1) is 42.6 Å². The second-order valence-corrected chi connectivity index (χ2v) is 8.82. The Labute approximate surface area is 174 Å². The van der Waals surface area contributed by atoms with E-state index in [9.17, 15) is 9.00 Å². The predicted octanol–water partition coefficient (Wildman–Crippen LogP) is 3.03. The van der Waals surface area contributed by atoms with E-state index >= 15 is 0 Å². The van der Waals surface area contributed by atoms with Crippen LogP contribution < -0.4 is 14.8 Å². The summed E-state index contributed by atoms with van der Waals surface area (Å²) in [6.07, 6.45) is 5.32. The number of nitrogens with zero attached hydrogens (tertiary/aromatic N) is 3. The minimum Gasteiger partial charge on any atom is -0.480 e. The molecule has 0 aliphatic heterocycles. The van der Waals surface area contributed by atoms with Crippen molar-refractivity contribution in [3.05, 3.63) is 47.7 Å². The molecule has 1 aliphatic rings. The lowest BCUT2D eigenvalue weighted by molar-refractivity contribution is -0.115. The first-order valence-electron chi connectivity index (χ1n) is 8.98. The number of rotatable bonds is 8. The van der Waals surface area contributed by atoms with Crippen molar-refractivity contribution < 1.29 is 13.7 Å². The fraction of sp³-hybridized carbons (Fsp3) is 0.263. The molecule has 0 bridgehead atoms. The van der Waals surface area contributed by atoms with Crippen molar-refractivity contribution in [3.8, 4) is 17.1 Å². The van der Waals surface area contributed by atoms with Gasteiger partial charge in [-0.3, -0.25) is 14.5 Å². The lowest BCUT2D eigenvalue weighted by atomic mass is 10.1. The van der Waals surface area contributed by atoms with Crippen LogP contribution in [0.4, 0.5) is 10.8 Å². The number of hydrogen-bond acceptors (Lipinski definition) is 7. The topological polar surface area (TPSA) is 106 Å². The normalized spacial score (nSPS) is 14.2. The first kappa shape index (κ1) is 19.5. The molecule has 2 aromatic heterocycles. The highest BCUT2D eigenvalue weighted by Gasteiger charge is 2.29. The molecule has 4 rings (SSSR count). The van der Waals surface area contributed by atoms with Gasteiger partial charge in [-0.25, -0.2) is 14.2 Å². The van der Waals surface area contributed by atoms with Gasteiger partial charge in [-0.1, -0.05) is 12.1 Å². The molecule has 1 aliphatic carbocycles. The SMILES string of the molecule is COc1cncc(-c2ccc(NC(=O)Cc3csc(NS(=O)C4CC4)n3)cc2)n1. The van der Waals surface area contributed by atoms with E-state index in [1.165, 1.54) is 11.3 Å². The minimum atomic E-state index is -1.08. The molecule has 2 N–H and O–H groups in total. The second-order valence-electron chi connectivity index (χ2n) is 6.49. The fourth-order valence-corrected chi connectivity index (χ4v) is 4.51. The van der Waals surface area contributed by atoms with E-state index in [1.54, 1.807) is 37.0 Å². The van der Waals surface area contributed by atoms with Crippen LogP contribution in [0.3, 0.4) is 0 Å². The predicted molar refractivity (Wildman–Crippen MR) is 113 cm³/mol. The monoisotopic (exact) mass is 429 g/mol. The number of carbonyl (C=O) groups is 1. The molecule has 3 aromatic rings. The van der Waals surface area contributed by atoms with E-state index in [2.05, 4.69) is 25.0 Å². The van der Waals surface area contributed by atoms with Crippen molar-refractivity contribution in [1.82, 2.24) is 15.0 Å². The Morgan fingerprint density at radius 2 is 2.03 bits per heavy atom. The third-order valence-electron chi connectivity index (χ3n) is 4.19. The van der Waals surface area contributed by atoms with Crippen molar-refractivity contribution in [2.75, 3.05) is 17.1 Å². The molecule has 0 radical (unpaired) electrons. The summed E-state index contributed by atoms with van der Waals surface area (Å²) < 4.78 is 19.9. The summed E-state index contributed by atoms with van der Waals surface area (Å²) in [6, 6.07) is 7.33. The average molecular weight is 430 g/mol. The average Bonchev–Trinajstić information content (AvgIpc) is 3.50. The van der Waals surface area contributed by atoms with Crippen LogP contribution in [-0.2, 0) is 22.2 Å². The summed E-state index contributed by atoms with van der Waals surface area (Å²) in [5.74, 6) is 0.275. The molecule has 0 saturated heterocycles. The summed E-state index contributed by atoms with van der Waals surface area (Å²) in [5, 5.41) is 5.47. The van der Waals surface area contributed by atoms with Crippen molar-refractivity contribution in [3.63, 3.8) is 0 Å². The molecule has 1 fully saturated rings. The fourth-order valence-electron chi connectivity index (χ4n) is 2.57. The Kier molecular flexibility index (Phi) is 5.81. The molecule has 8 nitrogen and oxygen atoms in total. The van der Waals surface area contributed by atoms with Crippen LogP contribution >= 0.6 is 11.3 Å². The van der Waals surface area contributed by atoms with E-state index < -0.39 is 11.0 Å². The van der Waals surface area contributed by atoms with Gasteiger partial charge in [-0.05, 0) is 25.0 Å². The van der Waals surface area contributed by atoms with Gasteiger partial charge in [0.1, 0.15) is 11.0 Å². The molecule has 2 heterocycles. The van der Waals surface area contributed by atoms with Gasteiger partial charge in [0, 0.05) is 16.6 Å². The first-order valence-corrected chi connectivity index (χ1v) is 11.1. The number of benzene rings is 1. The Bertz CT molecular complexity index is 1030. The van der Waals surface area contributed by atoms with Crippen LogP contribution in [0.15, 0.2) is 42.0 Å². The standard InChI is InChI=1S/C19H19N5O3S2/c1-27-18-10-20-9-16(23-18)12-2-4-13(5-3-12)21-17(25)8-14-11-28-19(22-14)24-29(26)15-6-7-15/h2-5,9-11,15H,6-8H2,1H3,(H,21,25)(H,22,24). The third kappa shape index (κ3) is 5.15. The number of carbonyl (C=O) groups excluding carboxylic acids is 1. The maximum Gasteiger partial charge on any atom is 0.232 e. The van der Waals surface area contributed by atoms with Crippen molar-refractivity contribution in [2.45, 2.75) is 24.5 Å². The van der Waals surface area contributed by atoms with Crippen molar-refractivity contribution >= 4 is 39.0 Å². The Hall–Kier alpha value is -2.85. The first-order chi connectivity index (χ1) is 14.1. The number of methoxy groups -OCH3 is 1. The molecule has 0 spiro atoms. The van der Waals surface area contributed by atoms with E-state index in [0.29, 0.717) is 28.1 Å². The highest BCUT2D eigenvalue weighted by molar-refractivity contribution is 7.87. The summed E-state index contributed by atoms with van der Waals surface area (Å²) in [5.41, 5.74) is 2.88. The third-order valence-corrected chi connectivity index (χ3v) is 6.60. The molecular weight excluding hydrogens is 410 g/mol. The van der Waals surface area contributed by atoms with Gasteiger partial charge >= 0.3 is 0 Å². The van der Waals surface area contributed by atoms with Crippen LogP contribution in [0, 0.1) is 0 Å². The van der Waals surface area contributed by atoms with Crippen LogP contribution in [0.25, 0.3) is 11.3 Å². The van der Waals surface area contributed by atoms with Crippen LogP contribution in [0.5, 0.6) is 5.88 Å². The summed E-state index contributed by atoms with van der Waals surface area (Å²) >= 11 is 1.36. The molecule has 10 heteroatoms. The molecule has 29 heavy (non-hydrogen) atoms. The number of thiazole rings is 1. The van der Waals surface area contributed by atoms with E-state index in [4.69, 9.17) is 4.74 Å². The van der Waals surface area contributed by atoms with Crippen LogP contribution in [-0.4, -0.2) is 37.4 Å². The van der Waals surface area contributed by atoms with Gasteiger partial charge < -0.3 is 10.1 Å². The number of hydrogen-bond donors (Lipinski definition) is 2. The van der Waals surface area contributed by atoms with Crippen molar-refractivity contribution in [2.24, 2.45) is 0 Å². The number of ether oxygens (including phenoxy) is 1. The highest BCUT2D eigenvalue weighted by Crippen LogP contribution is 2.28. The Morgan fingerprint density at radius 1 is 1.24 bits per heavy atom. The molecule has 1 unspecified atom stereocenters. The van der Waals surface area contributed by atoms with Crippen LogP contribution in [0.2, 0.25) is 0 Å². The van der Waals surface area contributed by atoms with E-state index in [0.717, 1.165) is 18.4 Å². The quantitative estimate of drug-likeness (QED) is 0.570. The maximum atomic E-state index is 12.3. The van der Waals surface area contributed by atoms with Crippen molar-refractivity contribution in [1.29, 1.82) is 0 Å². The molecule has 1 atom stereocenters. The summed E-state index contributed by atoms with van der Waals surface area (Å²) in [6.45, 7) is 0. The van der Waals surface area contributed by atoms with E-state index in [-0.39, 0.29) is 17.6 Å². The zero-order chi connectivity index (χ0) is 20.2. The van der Waals surface area contributed by atoms with Gasteiger partial charge in [-0.2, -0.15) is 0 Å². The van der Waals surface area contributed by atoms with Gasteiger partial charge in [-0.15, -0.1) is 11.3 Å². The number of nitrogens with one attached hydrogen (secondary N) is 2. The molecule has 1 amide bonds. The summed E-state index contributed by atoms with van der Waals surface area (Å²) in [7, 11) is 0.459. The summed E-state index contributed by atoms with van der Waals surface area (Å²) in [4.78, 5) is 25.1. The Balaban J connectivity index is 1.33. The van der Waals surface area contributed by atoms with Gasteiger partial charge in [0.15, 0.2) is 5.13 Å². The number of amides is 1. The van der Waals surface area contributed by atoms with Gasteiger partial charge in [0.25, 0.3) is 0 Å².